The van der Waals surface area contributed by atoms with Crippen molar-refractivity contribution < 1.29 is 4.79 Å². The Labute approximate surface area is 141 Å². The number of carbonyl (C=O) groups is 1. The first-order valence-corrected chi connectivity index (χ1v) is 8.78. The van der Waals surface area contributed by atoms with Gasteiger partial charge in [0, 0.05) is 0 Å². The van der Waals surface area contributed by atoms with Crippen molar-refractivity contribution >= 4 is 17.7 Å². The van der Waals surface area contributed by atoms with Crippen LogP contribution in [0.2, 0.25) is 0 Å². The molecule has 124 valence electrons. The minimum absolute atomic E-state index is 0.0184. The van der Waals surface area contributed by atoms with Gasteiger partial charge >= 0.3 is 0 Å². The standard InChI is InChI=1S/C16H23N5OS/c1-5-13-6-8-14(9-7-13)12(4)17-15(22)10-23-16-18-19-20-21(16)11(2)3/h6-9,11-12H,5,10H2,1-4H3,(H,17,22). The molecule has 1 heterocycles. The molecular weight excluding hydrogens is 310 g/mol. The van der Waals surface area contributed by atoms with E-state index in [-0.39, 0.29) is 18.0 Å². The van der Waals surface area contributed by atoms with Crippen molar-refractivity contribution in [2.75, 3.05) is 5.75 Å². The largest absolute Gasteiger partial charge is 0.349 e. The predicted molar refractivity (Wildman–Crippen MR) is 91.3 cm³/mol. The van der Waals surface area contributed by atoms with Gasteiger partial charge in [-0.1, -0.05) is 43.0 Å². The second-order valence-corrected chi connectivity index (χ2v) is 6.62. The van der Waals surface area contributed by atoms with Crippen LogP contribution in [-0.2, 0) is 11.2 Å². The predicted octanol–water partition coefficient (Wildman–Crippen LogP) is 2.79. The molecule has 0 aliphatic heterocycles. The Bertz CT molecular complexity index is 638. The van der Waals surface area contributed by atoms with Gasteiger partial charge in [-0.3, -0.25) is 4.79 Å². The first-order chi connectivity index (χ1) is 11.0. The summed E-state index contributed by atoms with van der Waals surface area (Å²) in [7, 11) is 0. The Morgan fingerprint density at radius 3 is 2.57 bits per heavy atom. The maximum atomic E-state index is 12.1. The van der Waals surface area contributed by atoms with Gasteiger partial charge in [-0.05, 0) is 48.7 Å². The third-order valence-corrected chi connectivity index (χ3v) is 4.48. The molecule has 0 aliphatic rings. The first-order valence-electron chi connectivity index (χ1n) is 7.80. The van der Waals surface area contributed by atoms with Crippen molar-refractivity contribution in [1.82, 2.24) is 25.5 Å². The monoisotopic (exact) mass is 333 g/mol. The maximum absolute atomic E-state index is 12.1. The Morgan fingerprint density at radius 2 is 1.96 bits per heavy atom. The second kappa shape index (κ2) is 8.10. The second-order valence-electron chi connectivity index (χ2n) is 5.67. The molecule has 6 nitrogen and oxygen atoms in total. The molecule has 0 saturated heterocycles. The lowest BCUT2D eigenvalue weighted by molar-refractivity contribution is -0.119. The normalized spacial score (nSPS) is 12.4. The summed E-state index contributed by atoms with van der Waals surface area (Å²) in [6.45, 7) is 8.12. The van der Waals surface area contributed by atoms with Crippen molar-refractivity contribution in [2.24, 2.45) is 0 Å². The van der Waals surface area contributed by atoms with Gasteiger partial charge < -0.3 is 5.32 Å². The van der Waals surface area contributed by atoms with Crippen LogP contribution in [0.25, 0.3) is 0 Å². The van der Waals surface area contributed by atoms with Crippen molar-refractivity contribution in [1.29, 1.82) is 0 Å². The van der Waals surface area contributed by atoms with E-state index >= 15 is 0 Å². The Kier molecular flexibility index (Phi) is 6.15. The summed E-state index contributed by atoms with van der Waals surface area (Å²) in [5, 5.41) is 15.2. The zero-order chi connectivity index (χ0) is 16.8. The van der Waals surface area contributed by atoms with E-state index in [1.807, 2.05) is 20.8 Å². The summed E-state index contributed by atoms with van der Waals surface area (Å²) in [4.78, 5) is 12.1. The molecule has 0 saturated carbocycles. The van der Waals surface area contributed by atoms with Crippen LogP contribution in [0.5, 0.6) is 0 Å². The van der Waals surface area contributed by atoms with Crippen molar-refractivity contribution in [3.63, 3.8) is 0 Å². The molecule has 1 aromatic heterocycles. The van der Waals surface area contributed by atoms with Gasteiger partial charge in [0.2, 0.25) is 11.1 Å². The fraction of sp³-hybridized carbons (Fsp3) is 0.500. The third-order valence-electron chi connectivity index (χ3n) is 3.55. The van der Waals surface area contributed by atoms with Gasteiger partial charge in [-0.15, -0.1) is 5.10 Å². The summed E-state index contributed by atoms with van der Waals surface area (Å²) < 4.78 is 1.71. The quantitative estimate of drug-likeness (QED) is 0.789. The number of aromatic nitrogens is 4. The Hall–Kier alpha value is -1.89. The molecule has 23 heavy (non-hydrogen) atoms. The number of carbonyl (C=O) groups excluding carboxylic acids is 1. The lowest BCUT2D eigenvalue weighted by Crippen LogP contribution is -2.28. The Morgan fingerprint density at radius 1 is 1.26 bits per heavy atom. The van der Waals surface area contributed by atoms with E-state index in [2.05, 4.69) is 52.0 Å². The van der Waals surface area contributed by atoms with Crippen LogP contribution in [0.1, 0.15) is 50.9 Å². The molecule has 2 rings (SSSR count). The van der Waals surface area contributed by atoms with Crippen LogP contribution in [0, 0.1) is 0 Å². The number of aryl methyl sites for hydroxylation is 1. The lowest BCUT2D eigenvalue weighted by atomic mass is 10.1. The van der Waals surface area contributed by atoms with E-state index in [0.717, 1.165) is 12.0 Å². The number of rotatable bonds is 7. The highest BCUT2D eigenvalue weighted by atomic mass is 32.2. The molecule has 1 atom stereocenters. The minimum Gasteiger partial charge on any atom is -0.349 e. The van der Waals surface area contributed by atoms with E-state index in [0.29, 0.717) is 10.9 Å². The molecule has 2 aromatic rings. The van der Waals surface area contributed by atoms with Crippen LogP contribution in [0.3, 0.4) is 0 Å². The highest BCUT2D eigenvalue weighted by Gasteiger charge is 2.14. The minimum atomic E-state index is -0.0274. The summed E-state index contributed by atoms with van der Waals surface area (Å²) in [5.74, 6) is 0.269. The van der Waals surface area contributed by atoms with Gasteiger partial charge in [0.1, 0.15) is 0 Å². The number of tetrazole rings is 1. The van der Waals surface area contributed by atoms with Crippen molar-refractivity contribution in [3.05, 3.63) is 35.4 Å². The summed E-state index contributed by atoms with van der Waals surface area (Å²) in [6, 6.07) is 8.49. The average molecular weight is 333 g/mol. The van der Waals surface area contributed by atoms with Crippen LogP contribution in [-0.4, -0.2) is 31.9 Å². The van der Waals surface area contributed by atoms with E-state index in [1.165, 1.54) is 17.3 Å². The van der Waals surface area contributed by atoms with Crippen LogP contribution >= 0.6 is 11.8 Å². The zero-order valence-electron chi connectivity index (χ0n) is 14.0. The number of hydrogen-bond donors (Lipinski definition) is 1. The smallest absolute Gasteiger partial charge is 0.230 e. The van der Waals surface area contributed by atoms with Gasteiger partial charge in [0.15, 0.2) is 0 Å². The summed E-state index contributed by atoms with van der Waals surface area (Å²) in [6.07, 6.45) is 1.02. The van der Waals surface area contributed by atoms with Gasteiger partial charge in [-0.2, -0.15) is 0 Å². The number of amides is 1. The number of hydrogen-bond acceptors (Lipinski definition) is 5. The highest BCUT2D eigenvalue weighted by Crippen LogP contribution is 2.18. The molecule has 7 heteroatoms. The van der Waals surface area contributed by atoms with Gasteiger partial charge in [0.25, 0.3) is 0 Å². The lowest BCUT2D eigenvalue weighted by Gasteiger charge is -2.14. The number of thioether (sulfide) groups is 1. The molecule has 0 spiro atoms. The third kappa shape index (κ3) is 4.79. The molecule has 0 fully saturated rings. The summed E-state index contributed by atoms with van der Waals surface area (Å²) in [5.41, 5.74) is 2.40. The highest BCUT2D eigenvalue weighted by molar-refractivity contribution is 7.99. The molecule has 0 bridgehead atoms. The molecule has 1 N–H and O–H groups in total. The van der Waals surface area contributed by atoms with Crippen LogP contribution in [0.4, 0.5) is 0 Å². The fourth-order valence-corrected chi connectivity index (χ4v) is 2.96. The number of benzene rings is 1. The van der Waals surface area contributed by atoms with Crippen molar-refractivity contribution in [2.45, 2.75) is 51.4 Å². The average Bonchev–Trinajstić information content (AvgIpc) is 3.01. The maximum Gasteiger partial charge on any atom is 0.230 e. The van der Waals surface area contributed by atoms with E-state index in [1.54, 1.807) is 4.68 Å². The van der Waals surface area contributed by atoms with Crippen LogP contribution in [0.15, 0.2) is 29.4 Å². The molecule has 1 amide bonds. The van der Waals surface area contributed by atoms with Crippen molar-refractivity contribution in [3.8, 4) is 0 Å². The van der Waals surface area contributed by atoms with E-state index < -0.39 is 0 Å². The topological polar surface area (TPSA) is 72.7 Å². The molecule has 0 aliphatic carbocycles. The van der Waals surface area contributed by atoms with E-state index in [4.69, 9.17) is 0 Å². The van der Waals surface area contributed by atoms with Gasteiger partial charge in [-0.25, -0.2) is 4.68 Å². The first kappa shape index (κ1) is 17.5. The van der Waals surface area contributed by atoms with E-state index in [9.17, 15) is 4.79 Å². The summed E-state index contributed by atoms with van der Waals surface area (Å²) >= 11 is 1.35. The molecular formula is C16H23N5OS. The SMILES string of the molecule is CCc1ccc(C(C)NC(=O)CSc2nnnn2C(C)C)cc1. The number of nitrogens with one attached hydrogen (secondary N) is 1. The fourth-order valence-electron chi connectivity index (χ4n) is 2.14. The molecule has 0 radical (unpaired) electrons. The number of nitrogens with zero attached hydrogens (tertiary/aromatic N) is 4. The molecule has 1 aromatic carbocycles. The van der Waals surface area contributed by atoms with Crippen LogP contribution < -0.4 is 5.32 Å². The zero-order valence-corrected chi connectivity index (χ0v) is 14.8. The Balaban J connectivity index is 1.87. The molecule has 1 unspecified atom stereocenters. The van der Waals surface area contributed by atoms with Gasteiger partial charge in [0.05, 0.1) is 17.8 Å².